The average Bonchev–Trinajstić information content (AvgIpc) is 2.63. The lowest BCUT2D eigenvalue weighted by atomic mass is 9.62. The van der Waals surface area contributed by atoms with Crippen LogP contribution in [0.15, 0.2) is 0 Å². The first-order valence-electron chi connectivity index (χ1n) is 4.93. The number of cyclic esters (lactones) is 2. The SMILES string of the molecule is C[C@]12C(=O)OC(=O)[C@H]1[C@H]1CC[C@]2(C)O1. The summed E-state index contributed by atoms with van der Waals surface area (Å²) in [7, 11) is 0. The molecule has 3 heterocycles. The maximum absolute atomic E-state index is 11.7. The van der Waals surface area contributed by atoms with E-state index in [0.29, 0.717) is 0 Å². The van der Waals surface area contributed by atoms with E-state index < -0.39 is 23.0 Å². The van der Waals surface area contributed by atoms with E-state index in [4.69, 9.17) is 9.47 Å². The normalized spacial score (nSPS) is 55.0. The van der Waals surface area contributed by atoms with Crippen molar-refractivity contribution in [3.63, 3.8) is 0 Å². The number of esters is 2. The molecule has 0 aliphatic carbocycles. The summed E-state index contributed by atoms with van der Waals surface area (Å²) < 4.78 is 10.5. The van der Waals surface area contributed by atoms with Gasteiger partial charge in [-0.25, -0.2) is 0 Å². The summed E-state index contributed by atoms with van der Waals surface area (Å²) in [5.41, 5.74) is -1.24. The van der Waals surface area contributed by atoms with Gasteiger partial charge in [0.1, 0.15) is 11.3 Å². The standard InChI is InChI=1S/C10H12O4/c1-9-4-3-5(14-9)6-7(11)13-8(12)10(6,9)2/h5-6H,3-4H2,1-2H3/t5-,6-,9+,10-/m1/s1. The largest absolute Gasteiger partial charge is 0.392 e. The van der Waals surface area contributed by atoms with Crippen LogP contribution < -0.4 is 0 Å². The molecule has 4 nitrogen and oxygen atoms in total. The fourth-order valence-corrected chi connectivity index (χ4v) is 3.18. The number of hydrogen-bond acceptors (Lipinski definition) is 4. The first-order chi connectivity index (χ1) is 6.49. The van der Waals surface area contributed by atoms with Crippen molar-refractivity contribution in [1.29, 1.82) is 0 Å². The van der Waals surface area contributed by atoms with Gasteiger partial charge in [-0.15, -0.1) is 0 Å². The quantitative estimate of drug-likeness (QED) is 0.421. The highest BCUT2D eigenvalue weighted by Gasteiger charge is 2.74. The monoisotopic (exact) mass is 196 g/mol. The van der Waals surface area contributed by atoms with Crippen LogP contribution in [0.25, 0.3) is 0 Å². The zero-order valence-corrected chi connectivity index (χ0v) is 8.20. The molecule has 0 N–H and O–H groups in total. The molecular weight excluding hydrogens is 184 g/mol. The molecule has 76 valence electrons. The summed E-state index contributed by atoms with van der Waals surface area (Å²) in [4.78, 5) is 23.1. The van der Waals surface area contributed by atoms with Crippen LogP contribution in [0, 0.1) is 11.3 Å². The summed E-state index contributed by atoms with van der Waals surface area (Å²) in [5.74, 6) is -1.17. The molecule has 3 saturated heterocycles. The highest BCUT2D eigenvalue weighted by atomic mass is 16.6. The Bertz CT molecular complexity index is 350. The Morgan fingerprint density at radius 3 is 2.71 bits per heavy atom. The molecular formula is C10H12O4. The van der Waals surface area contributed by atoms with Gasteiger partial charge >= 0.3 is 11.9 Å². The van der Waals surface area contributed by atoms with Gasteiger partial charge in [0.2, 0.25) is 0 Å². The number of carbonyl (C=O) groups is 2. The Balaban J connectivity index is 2.18. The summed E-state index contributed by atoms with van der Waals surface area (Å²) in [6, 6.07) is 0. The first-order valence-corrected chi connectivity index (χ1v) is 4.93. The van der Waals surface area contributed by atoms with E-state index >= 15 is 0 Å². The lowest BCUT2D eigenvalue weighted by Crippen LogP contribution is -2.47. The second kappa shape index (κ2) is 2.03. The molecule has 0 aromatic heterocycles. The maximum Gasteiger partial charge on any atom is 0.323 e. The maximum atomic E-state index is 11.7. The van der Waals surface area contributed by atoms with E-state index in [1.54, 1.807) is 6.92 Å². The predicted molar refractivity (Wildman–Crippen MR) is 45.2 cm³/mol. The molecule has 4 heteroatoms. The third-order valence-electron chi connectivity index (χ3n) is 4.28. The third kappa shape index (κ3) is 0.610. The molecule has 0 saturated carbocycles. The van der Waals surface area contributed by atoms with Gasteiger partial charge in [0.05, 0.1) is 11.7 Å². The van der Waals surface area contributed by atoms with Crippen LogP contribution in [-0.2, 0) is 19.1 Å². The minimum Gasteiger partial charge on any atom is -0.392 e. The molecule has 14 heavy (non-hydrogen) atoms. The van der Waals surface area contributed by atoms with Crippen molar-refractivity contribution in [3.8, 4) is 0 Å². The second-order valence-corrected chi connectivity index (χ2v) is 4.81. The van der Waals surface area contributed by atoms with Crippen molar-refractivity contribution in [2.75, 3.05) is 0 Å². The van der Waals surface area contributed by atoms with E-state index in [-0.39, 0.29) is 12.0 Å². The topological polar surface area (TPSA) is 52.6 Å². The molecule has 3 rings (SSSR count). The van der Waals surface area contributed by atoms with E-state index in [9.17, 15) is 9.59 Å². The Kier molecular flexibility index (Phi) is 1.22. The van der Waals surface area contributed by atoms with Crippen molar-refractivity contribution in [1.82, 2.24) is 0 Å². The van der Waals surface area contributed by atoms with Gasteiger partial charge < -0.3 is 9.47 Å². The van der Waals surface area contributed by atoms with Gasteiger partial charge in [-0.1, -0.05) is 0 Å². The Morgan fingerprint density at radius 1 is 1.36 bits per heavy atom. The molecule has 0 aromatic rings. The summed E-state index contributed by atoms with van der Waals surface area (Å²) >= 11 is 0. The third-order valence-corrected chi connectivity index (χ3v) is 4.28. The summed E-state index contributed by atoms with van der Waals surface area (Å²) in [6.07, 6.45) is 1.59. The van der Waals surface area contributed by atoms with Gasteiger partial charge in [-0.3, -0.25) is 9.59 Å². The van der Waals surface area contributed by atoms with Gasteiger partial charge in [-0.05, 0) is 26.7 Å². The molecule has 2 bridgehead atoms. The lowest BCUT2D eigenvalue weighted by Gasteiger charge is -2.34. The van der Waals surface area contributed by atoms with Gasteiger partial charge in [0.15, 0.2) is 0 Å². The highest BCUT2D eigenvalue weighted by molar-refractivity contribution is 6.01. The van der Waals surface area contributed by atoms with Crippen molar-refractivity contribution >= 4 is 11.9 Å². The zero-order valence-electron chi connectivity index (χ0n) is 8.20. The Labute approximate surface area is 81.6 Å². The number of hydrogen-bond donors (Lipinski definition) is 0. The van der Waals surface area contributed by atoms with E-state index in [1.165, 1.54) is 0 Å². The first kappa shape index (κ1) is 8.41. The van der Waals surface area contributed by atoms with Gasteiger partial charge in [0, 0.05) is 0 Å². The fourth-order valence-electron chi connectivity index (χ4n) is 3.18. The minimum atomic E-state index is -0.743. The summed E-state index contributed by atoms with van der Waals surface area (Å²) in [6.45, 7) is 3.71. The van der Waals surface area contributed by atoms with Crippen LogP contribution in [-0.4, -0.2) is 23.6 Å². The molecule has 0 spiro atoms. The van der Waals surface area contributed by atoms with Gasteiger partial charge in [-0.2, -0.15) is 0 Å². The molecule has 3 aliphatic rings. The van der Waals surface area contributed by atoms with Crippen molar-refractivity contribution in [2.24, 2.45) is 11.3 Å². The second-order valence-electron chi connectivity index (χ2n) is 4.81. The van der Waals surface area contributed by atoms with Crippen LogP contribution in [0.2, 0.25) is 0 Å². The fraction of sp³-hybridized carbons (Fsp3) is 0.800. The molecule has 0 amide bonds. The van der Waals surface area contributed by atoms with E-state index in [0.717, 1.165) is 12.8 Å². The smallest absolute Gasteiger partial charge is 0.323 e. The highest BCUT2D eigenvalue weighted by Crippen LogP contribution is 2.61. The van der Waals surface area contributed by atoms with Crippen LogP contribution in [0.5, 0.6) is 0 Å². The molecule has 0 radical (unpaired) electrons. The Morgan fingerprint density at radius 2 is 2.07 bits per heavy atom. The van der Waals surface area contributed by atoms with E-state index in [2.05, 4.69) is 0 Å². The number of rotatable bonds is 0. The van der Waals surface area contributed by atoms with Gasteiger partial charge in [0.25, 0.3) is 0 Å². The number of ether oxygens (including phenoxy) is 2. The zero-order chi connectivity index (χ0) is 10.1. The van der Waals surface area contributed by atoms with Crippen molar-refractivity contribution in [3.05, 3.63) is 0 Å². The summed E-state index contributed by atoms with van der Waals surface area (Å²) in [5, 5.41) is 0. The van der Waals surface area contributed by atoms with Crippen LogP contribution in [0.4, 0.5) is 0 Å². The molecule has 3 fully saturated rings. The average molecular weight is 196 g/mol. The van der Waals surface area contributed by atoms with E-state index in [1.807, 2.05) is 6.92 Å². The molecule has 3 aliphatic heterocycles. The molecule has 0 unspecified atom stereocenters. The Hall–Kier alpha value is -0.900. The van der Waals surface area contributed by atoms with Crippen molar-refractivity contribution in [2.45, 2.75) is 38.4 Å². The number of carbonyl (C=O) groups excluding carboxylic acids is 2. The van der Waals surface area contributed by atoms with Crippen LogP contribution >= 0.6 is 0 Å². The lowest BCUT2D eigenvalue weighted by molar-refractivity contribution is -0.162. The minimum absolute atomic E-state index is 0.107. The van der Waals surface area contributed by atoms with Crippen LogP contribution in [0.1, 0.15) is 26.7 Å². The molecule has 0 aromatic carbocycles. The predicted octanol–water partition coefficient (Wildman–Crippen LogP) is 0.644. The van der Waals surface area contributed by atoms with Crippen molar-refractivity contribution < 1.29 is 19.1 Å². The number of fused-ring (bicyclic) bond motifs is 5. The molecule has 4 atom stereocenters. The van der Waals surface area contributed by atoms with Crippen LogP contribution in [0.3, 0.4) is 0 Å².